The molecule has 0 saturated carbocycles. The van der Waals surface area contributed by atoms with Gasteiger partial charge in [-0.25, -0.2) is 18.4 Å². The lowest BCUT2D eigenvalue weighted by Crippen LogP contribution is -2.59. The monoisotopic (exact) mass is 597 g/mol. The van der Waals surface area contributed by atoms with E-state index in [-0.39, 0.29) is 10.8 Å². The molecule has 0 aliphatic carbocycles. The molecular formula is C28H35N7O4S2. The molecule has 3 N–H and O–H groups in total. The maximum absolute atomic E-state index is 12.5. The lowest BCUT2D eigenvalue weighted by atomic mass is 10.0. The van der Waals surface area contributed by atoms with Crippen LogP contribution in [-0.2, 0) is 25.9 Å². The van der Waals surface area contributed by atoms with Crippen molar-refractivity contribution < 1.29 is 17.9 Å². The normalized spacial score (nSPS) is 18.0. The topological polar surface area (TPSA) is 138 Å². The van der Waals surface area contributed by atoms with Crippen molar-refractivity contribution in [1.82, 2.24) is 24.8 Å². The van der Waals surface area contributed by atoms with Crippen molar-refractivity contribution in [3.63, 3.8) is 0 Å². The number of sulfone groups is 1. The maximum atomic E-state index is 12.5. The number of nitrogens with zero attached hydrogens (tertiary/aromatic N) is 5. The standard InChI is InChI=1S/C28H35N7O4S2/c1-28(2,27(29)36)35-8-6-33(7-9-35)17-18-14-23-24(40-18)26(34-10-12-39-13-11-34)32-25(31-23)21-15-19(41(3,37)38)16-22-20(21)4-5-30-22/h4-5,14-16,30H,6-13,17H2,1-3H3,(H2,29,36). The zero-order valence-electron chi connectivity index (χ0n) is 23.5. The zero-order chi connectivity index (χ0) is 28.9. The molecule has 0 unspecified atom stereocenters. The Kier molecular flexibility index (Phi) is 7.27. The molecule has 2 fully saturated rings. The molecule has 2 saturated heterocycles. The van der Waals surface area contributed by atoms with Gasteiger partial charge in [0.2, 0.25) is 5.91 Å². The number of hydrogen-bond donors (Lipinski definition) is 2. The smallest absolute Gasteiger partial charge is 0.237 e. The summed E-state index contributed by atoms with van der Waals surface area (Å²) < 4.78 is 31.6. The highest BCUT2D eigenvalue weighted by molar-refractivity contribution is 7.90. The van der Waals surface area contributed by atoms with Gasteiger partial charge in [-0.2, -0.15) is 0 Å². The van der Waals surface area contributed by atoms with Gasteiger partial charge in [0.1, 0.15) is 0 Å². The molecule has 4 aromatic rings. The van der Waals surface area contributed by atoms with Crippen LogP contribution in [0.3, 0.4) is 0 Å². The number of amides is 1. The predicted molar refractivity (Wildman–Crippen MR) is 161 cm³/mol. The number of aromatic nitrogens is 3. The minimum Gasteiger partial charge on any atom is -0.378 e. The fraction of sp³-hybridized carbons (Fsp3) is 0.464. The van der Waals surface area contributed by atoms with Crippen LogP contribution in [-0.4, -0.2) is 103 Å². The number of aromatic amines is 1. The van der Waals surface area contributed by atoms with Crippen LogP contribution in [0.2, 0.25) is 0 Å². The first-order valence-corrected chi connectivity index (χ1v) is 16.4. The minimum atomic E-state index is -3.44. The van der Waals surface area contributed by atoms with E-state index in [0.717, 1.165) is 72.8 Å². The number of carbonyl (C=O) groups is 1. The quantitative estimate of drug-likeness (QED) is 0.329. The van der Waals surface area contributed by atoms with Gasteiger partial charge in [-0.1, -0.05) is 0 Å². The van der Waals surface area contributed by atoms with Crippen molar-refractivity contribution in [1.29, 1.82) is 0 Å². The first-order valence-electron chi connectivity index (χ1n) is 13.7. The molecule has 218 valence electrons. The first-order chi connectivity index (χ1) is 19.5. The minimum absolute atomic E-state index is 0.226. The molecule has 3 aromatic heterocycles. The summed E-state index contributed by atoms with van der Waals surface area (Å²) in [5.41, 5.74) is 7.23. The molecule has 0 radical (unpaired) electrons. The second-order valence-electron chi connectivity index (χ2n) is 11.3. The van der Waals surface area contributed by atoms with E-state index in [1.54, 1.807) is 29.7 Å². The summed E-state index contributed by atoms with van der Waals surface area (Å²) in [6, 6.07) is 7.39. The van der Waals surface area contributed by atoms with Crippen LogP contribution in [0.5, 0.6) is 0 Å². The summed E-state index contributed by atoms with van der Waals surface area (Å²) in [5, 5.41) is 0.872. The van der Waals surface area contributed by atoms with E-state index >= 15 is 0 Å². The van der Waals surface area contributed by atoms with Crippen molar-refractivity contribution >= 4 is 54.0 Å². The van der Waals surface area contributed by atoms with Crippen molar-refractivity contribution in [3.8, 4) is 11.4 Å². The summed E-state index contributed by atoms with van der Waals surface area (Å²) >= 11 is 1.70. The van der Waals surface area contributed by atoms with E-state index in [0.29, 0.717) is 24.6 Å². The Bertz CT molecular complexity index is 1720. The Balaban J connectivity index is 1.37. The fourth-order valence-electron chi connectivity index (χ4n) is 5.53. The third-order valence-corrected chi connectivity index (χ3v) is 10.4. The predicted octanol–water partition coefficient (Wildman–Crippen LogP) is 2.46. The number of ether oxygens (including phenoxy) is 1. The third kappa shape index (κ3) is 5.44. The lowest BCUT2D eigenvalue weighted by Gasteiger charge is -2.42. The number of hydrogen-bond acceptors (Lipinski definition) is 10. The Morgan fingerprint density at radius 2 is 1.83 bits per heavy atom. The molecule has 0 atom stereocenters. The molecule has 2 aliphatic heterocycles. The summed E-state index contributed by atoms with van der Waals surface area (Å²) in [6.45, 7) is 10.4. The molecule has 13 heteroatoms. The number of anilines is 1. The average Bonchev–Trinajstić information content (AvgIpc) is 3.59. The van der Waals surface area contributed by atoms with Gasteiger partial charge in [0.25, 0.3) is 0 Å². The number of carbonyl (C=O) groups excluding carboxylic acids is 1. The highest BCUT2D eigenvalue weighted by atomic mass is 32.2. The molecule has 1 amide bonds. The molecule has 0 bridgehead atoms. The number of rotatable bonds is 7. The summed E-state index contributed by atoms with van der Waals surface area (Å²) in [4.78, 5) is 33.3. The Morgan fingerprint density at radius 3 is 2.51 bits per heavy atom. The number of nitrogens with one attached hydrogen (secondary N) is 1. The van der Waals surface area contributed by atoms with Gasteiger partial charge in [-0.3, -0.25) is 14.6 Å². The highest BCUT2D eigenvalue weighted by Gasteiger charge is 2.34. The zero-order valence-corrected chi connectivity index (χ0v) is 25.1. The molecule has 5 heterocycles. The number of primary amides is 1. The van der Waals surface area contributed by atoms with Crippen molar-refractivity contribution in [3.05, 3.63) is 35.3 Å². The van der Waals surface area contributed by atoms with E-state index < -0.39 is 15.4 Å². The van der Waals surface area contributed by atoms with E-state index in [1.807, 2.05) is 19.9 Å². The average molecular weight is 598 g/mol. The molecule has 6 rings (SSSR count). The molecule has 1 aromatic carbocycles. The van der Waals surface area contributed by atoms with Crippen LogP contribution < -0.4 is 10.6 Å². The van der Waals surface area contributed by atoms with Gasteiger partial charge in [0.05, 0.1) is 33.9 Å². The van der Waals surface area contributed by atoms with Gasteiger partial charge < -0.3 is 20.4 Å². The summed E-state index contributed by atoms with van der Waals surface area (Å²) in [7, 11) is -3.44. The van der Waals surface area contributed by atoms with Crippen LogP contribution in [0.15, 0.2) is 35.4 Å². The number of fused-ring (bicyclic) bond motifs is 2. The maximum Gasteiger partial charge on any atom is 0.237 e. The highest BCUT2D eigenvalue weighted by Crippen LogP contribution is 2.37. The van der Waals surface area contributed by atoms with E-state index in [1.165, 1.54) is 11.1 Å². The lowest BCUT2D eigenvalue weighted by molar-refractivity contribution is -0.129. The van der Waals surface area contributed by atoms with Gasteiger partial charge in [-0.15, -0.1) is 11.3 Å². The number of H-pyrrole nitrogens is 1. The van der Waals surface area contributed by atoms with Gasteiger partial charge in [0, 0.05) is 79.6 Å². The van der Waals surface area contributed by atoms with Gasteiger partial charge in [0.15, 0.2) is 21.5 Å². The number of benzene rings is 1. The number of thiophene rings is 1. The van der Waals surface area contributed by atoms with Crippen molar-refractivity contribution in [2.45, 2.75) is 30.8 Å². The SMILES string of the molecule is CC(C)(C(N)=O)N1CCN(Cc2cc3nc(-c4cc(S(C)(=O)=O)cc5[nH]ccc45)nc(N4CCOCC4)c3s2)CC1. The van der Waals surface area contributed by atoms with Crippen LogP contribution in [0.1, 0.15) is 18.7 Å². The van der Waals surface area contributed by atoms with E-state index in [4.69, 9.17) is 20.4 Å². The summed E-state index contributed by atoms with van der Waals surface area (Å²) in [6.07, 6.45) is 3.01. The van der Waals surface area contributed by atoms with Crippen LogP contribution in [0.4, 0.5) is 5.82 Å². The molecular weight excluding hydrogens is 562 g/mol. The summed E-state index contributed by atoms with van der Waals surface area (Å²) in [5.74, 6) is 1.05. The molecule has 41 heavy (non-hydrogen) atoms. The van der Waals surface area contributed by atoms with Gasteiger partial charge >= 0.3 is 0 Å². The Labute approximate surface area is 243 Å². The van der Waals surface area contributed by atoms with Crippen LogP contribution >= 0.6 is 11.3 Å². The largest absolute Gasteiger partial charge is 0.378 e. The Morgan fingerprint density at radius 1 is 1.10 bits per heavy atom. The van der Waals surface area contributed by atoms with Crippen LogP contribution in [0, 0.1) is 0 Å². The third-order valence-electron chi connectivity index (χ3n) is 8.17. The molecule has 0 spiro atoms. The number of nitrogens with two attached hydrogens (primary N) is 1. The van der Waals surface area contributed by atoms with Crippen molar-refractivity contribution in [2.24, 2.45) is 5.73 Å². The van der Waals surface area contributed by atoms with E-state index in [9.17, 15) is 13.2 Å². The van der Waals surface area contributed by atoms with E-state index in [2.05, 4.69) is 25.8 Å². The molecule has 2 aliphatic rings. The fourth-order valence-corrected chi connectivity index (χ4v) is 7.35. The second kappa shape index (κ2) is 10.6. The van der Waals surface area contributed by atoms with Crippen LogP contribution in [0.25, 0.3) is 32.5 Å². The Hall–Kier alpha value is -3.10. The van der Waals surface area contributed by atoms with Crippen molar-refractivity contribution in [2.75, 3.05) is 63.6 Å². The van der Waals surface area contributed by atoms with Gasteiger partial charge in [-0.05, 0) is 38.1 Å². The molecule has 11 nitrogen and oxygen atoms in total. The first kappa shape index (κ1) is 28.0. The number of piperazine rings is 1. The second-order valence-corrected chi connectivity index (χ2v) is 14.4. The number of morpholine rings is 1.